The Bertz CT molecular complexity index is 1920. The number of carboxylic acid groups (broad SMARTS) is 1. The Hall–Kier alpha value is -5.31. The van der Waals surface area contributed by atoms with Crippen molar-refractivity contribution in [3.8, 4) is 22.8 Å². The average molecular weight is 555 g/mol. The lowest BCUT2D eigenvalue weighted by atomic mass is 10.0. The largest absolute Gasteiger partial charge is 0.505 e. The second-order valence-electron chi connectivity index (χ2n) is 9.63. The molecule has 0 aliphatic heterocycles. The molecular formula is C32H21F3N2O4. The number of phenolic OH excluding ortho intramolecular Hbond substituents is 1. The Kier molecular flexibility index (Phi) is 6.14. The number of allylic oxidation sites excluding steroid dienone is 1. The van der Waals surface area contributed by atoms with Crippen LogP contribution in [-0.4, -0.2) is 32.1 Å². The number of carbonyl (C=O) groups is 1. The third kappa shape index (κ3) is 4.61. The number of phenols is 1. The number of carboxylic acids is 1. The Morgan fingerprint density at radius 3 is 2.46 bits per heavy atom. The maximum atomic E-state index is 13.6. The molecular weight excluding hydrogens is 533 g/mol. The second kappa shape index (κ2) is 9.71. The Morgan fingerprint density at radius 2 is 1.71 bits per heavy atom. The van der Waals surface area contributed by atoms with Gasteiger partial charge in [-0.2, -0.15) is 13.2 Å². The molecule has 3 N–H and O–H groups in total. The maximum Gasteiger partial charge on any atom is 0.416 e. The Labute approximate surface area is 231 Å². The molecule has 1 aromatic heterocycles. The van der Waals surface area contributed by atoms with Crippen molar-refractivity contribution >= 4 is 40.5 Å². The number of hydrogen-bond donors (Lipinski definition) is 3. The number of benzene rings is 4. The van der Waals surface area contributed by atoms with Crippen molar-refractivity contribution in [3.05, 3.63) is 113 Å². The van der Waals surface area contributed by atoms with E-state index >= 15 is 0 Å². The van der Waals surface area contributed by atoms with Gasteiger partial charge >= 0.3 is 12.1 Å². The first-order valence-corrected chi connectivity index (χ1v) is 12.5. The molecule has 0 amide bonds. The number of halogens is 3. The van der Waals surface area contributed by atoms with Crippen LogP contribution in [0.5, 0.6) is 11.6 Å². The molecule has 0 atom stereocenters. The summed E-state index contributed by atoms with van der Waals surface area (Å²) in [6.45, 7) is 0. The third-order valence-electron chi connectivity index (χ3n) is 7.11. The average Bonchev–Trinajstić information content (AvgIpc) is 3.49. The van der Waals surface area contributed by atoms with E-state index in [1.165, 1.54) is 35.0 Å². The third-order valence-corrected chi connectivity index (χ3v) is 7.11. The first-order chi connectivity index (χ1) is 19.6. The van der Waals surface area contributed by atoms with Gasteiger partial charge in [0.15, 0.2) is 0 Å². The van der Waals surface area contributed by atoms with Crippen molar-refractivity contribution in [1.29, 1.82) is 0 Å². The normalized spacial score (nSPS) is 13.1. The Balaban J connectivity index is 1.46. The highest BCUT2D eigenvalue weighted by molar-refractivity contribution is 6.06. The SMILES string of the molecule is O=C(O)c1cccc(-c2cccc(N=Cc3c(O)n(C4=Cc5ccccc5C4)c4cc(C(F)(F)F)ccc34)c2O)c1. The minimum atomic E-state index is -4.58. The molecule has 204 valence electrons. The van der Waals surface area contributed by atoms with Crippen LogP contribution in [0.4, 0.5) is 18.9 Å². The highest BCUT2D eigenvalue weighted by Crippen LogP contribution is 2.42. The van der Waals surface area contributed by atoms with Crippen LogP contribution in [0.3, 0.4) is 0 Å². The number of nitrogens with zero attached hydrogens (tertiary/aromatic N) is 2. The first-order valence-electron chi connectivity index (χ1n) is 12.5. The van der Waals surface area contributed by atoms with E-state index in [2.05, 4.69) is 4.99 Å². The summed E-state index contributed by atoms with van der Waals surface area (Å²) < 4.78 is 42.3. The molecule has 4 aromatic carbocycles. The number of para-hydroxylation sites is 1. The molecule has 6 rings (SSSR count). The number of aromatic carboxylic acids is 1. The summed E-state index contributed by atoms with van der Waals surface area (Å²) >= 11 is 0. The molecule has 41 heavy (non-hydrogen) atoms. The lowest BCUT2D eigenvalue weighted by Gasteiger charge is -2.10. The lowest BCUT2D eigenvalue weighted by molar-refractivity contribution is -0.137. The topological polar surface area (TPSA) is 95.0 Å². The van der Waals surface area contributed by atoms with Crippen molar-refractivity contribution in [2.45, 2.75) is 12.6 Å². The summed E-state index contributed by atoms with van der Waals surface area (Å²) in [7, 11) is 0. The van der Waals surface area contributed by atoms with Crippen LogP contribution in [0.1, 0.15) is 32.6 Å². The summed E-state index contributed by atoms with van der Waals surface area (Å²) in [5, 5.41) is 32.0. The first kappa shape index (κ1) is 25.9. The van der Waals surface area contributed by atoms with E-state index < -0.39 is 17.7 Å². The van der Waals surface area contributed by atoms with Gasteiger partial charge in [0.25, 0.3) is 0 Å². The number of alkyl halides is 3. The smallest absolute Gasteiger partial charge is 0.416 e. The van der Waals surface area contributed by atoms with E-state index in [-0.39, 0.29) is 34.0 Å². The maximum absolute atomic E-state index is 13.6. The van der Waals surface area contributed by atoms with Gasteiger partial charge in [-0.3, -0.25) is 9.56 Å². The van der Waals surface area contributed by atoms with Crippen molar-refractivity contribution in [1.82, 2.24) is 4.57 Å². The van der Waals surface area contributed by atoms with Crippen LogP contribution in [0.2, 0.25) is 0 Å². The molecule has 1 aliphatic carbocycles. The van der Waals surface area contributed by atoms with E-state index in [0.717, 1.165) is 23.3 Å². The number of aromatic hydroxyl groups is 2. The van der Waals surface area contributed by atoms with E-state index in [9.17, 15) is 33.3 Å². The number of hydrogen-bond acceptors (Lipinski definition) is 4. The highest BCUT2D eigenvalue weighted by atomic mass is 19.4. The zero-order valence-corrected chi connectivity index (χ0v) is 21.2. The van der Waals surface area contributed by atoms with E-state index in [0.29, 0.717) is 28.6 Å². The predicted octanol–water partition coefficient (Wildman–Crippen LogP) is 7.74. The van der Waals surface area contributed by atoms with E-state index in [1.807, 2.05) is 30.3 Å². The van der Waals surface area contributed by atoms with Gasteiger partial charge in [-0.15, -0.1) is 0 Å². The van der Waals surface area contributed by atoms with Crippen LogP contribution in [0.15, 0.2) is 89.9 Å². The molecule has 1 heterocycles. The summed E-state index contributed by atoms with van der Waals surface area (Å²) in [5.74, 6) is -1.61. The molecule has 0 unspecified atom stereocenters. The number of aliphatic imine (C=N–C) groups is 1. The summed E-state index contributed by atoms with van der Waals surface area (Å²) in [4.78, 5) is 15.8. The van der Waals surface area contributed by atoms with Gasteiger partial charge < -0.3 is 15.3 Å². The molecule has 0 fully saturated rings. The zero-order valence-electron chi connectivity index (χ0n) is 21.2. The van der Waals surface area contributed by atoms with Crippen molar-refractivity contribution < 1.29 is 33.3 Å². The van der Waals surface area contributed by atoms with Crippen molar-refractivity contribution in [2.24, 2.45) is 4.99 Å². The number of rotatable bonds is 5. The molecule has 0 spiro atoms. The van der Waals surface area contributed by atoms with Gasteiger partial charge in [-0.05, 0) is 53.1 Å². The van der Waals surface area contributed by atoms with Gasteiger partial charge in [0, 0.05) is 29.3 Å². The molecule has 9 heteroatoms. The molecule has 0 bridgehead atoms. The lowest BCUT2D eigenvalue weighted by Crippen LogP contribution is -2.05. The molecule has 5 aromatic rings. The fraction of sp³-hybridized carbons (Fsp3) is 0.0625. The van der Waals surface area contributed by atoms with Crippen LogP contribution in [0.25, 0.3) is 33.8 Å². The van der Waals surface area contributed by atoms with Crippen molar-refractivity contribution in [3.63, 3.8) is 0 Å². The summed E-state index contributed by atoms with van der Waals surface area (Å²) in [6.07, 6.45) is -1.03. The van der Waals surface area contributed by atoms with Gasteiger partial charge in [-0.25, -0.2) is 4.79 Å². The quantitative estimate of drug-likeness (QED) is 0.194. The molecule has 6 nitrogen and oxygen atoms in total. The zero-order chi connectivity index (χ0) is 28.9. The van der Waals surface area contributed by atoms with E-state index in [1.54, 1.807) is 24.3 Å². The molecule has 1 aliphatic rings. The molecule has 0 saturated heterocycles. The highest BCUT2D eigenvalue weighted by Gasteiger charge is 2.32. The van der Waals surface area contributed by atoms with E-state index in [4.69, 9.17) is 0 Å². The van der Waals surface area contributed by atoms with Gasteiger partial charge in [0.2, 0.25) is 5.88 Å². The monoisotopic (exact) mass is 554 g/mol. The minimum Gasteiger partial charge on any atom is -0.505 e. The molecule has 0 radical (unpaired) electrons. The van der Waals surface area contributed by atoms with Crippen LogP contribution < -0.4 is 0 Å². The minimum absolute atomic E-state index is 0.0510. The van der Waals surface area contributed by atoms with Crippen LogP contribution >= 0.6 is 0 Å². The predicted molar refractivity (Wildman–Crippen MR) is 151 cm³/mol. The second-order valence-corrected chi connectivity index (χ2v) is 9.63. The fourth-order valence-corrected chi connectivity index (χ4v) is 5.12. The summed E-state index contributed by atoms with van der Waals surface area (Å²) in [5.41, 5.74) is 3.00. The number of aromatic nitrogens is 1. The van der Waals surface area contributed by atoms with Gasteiger partial charge in [0.1, 0.15) is 11.4 Å². The number of fused-ring (bicyclic) bond motifs is 2. The molecule has 0 saturated carbocycles. The van der Waals surface area contributed by atoms with Crippen LogP contribution in [-0.2, 0) is 12.6 Å². The van der Waals surface area contributed by atoms with Crippen molar-refractivity contribution in [2.75, 3.05) is 0 Å². The summed E-state index contributed by atoms with van der Waals surface area (Å²) in [6, 6.07) is 21.7. The fourth-order valence-electron chi connectivity index (χ4n) is 5.12. The van der Waals surface area contributed by atoms with Gasteiger partial charge in [-0.1, -0.05) is 54.6 Å². The van der Waals surface area contributed by atoms with Gasteiger partial charge in [0.05, 0.1) is 22.2 Å². The Morgan fingerprint density at radius 1 is 0.927 bits per heavy atom. The standard InChI is InChI=1S/C32H21F3N2O4/c33-32(34,35)22-11-12-25-26(30(39)37(28(25)16-22)23-14-18-5-1-2-6-19(18)15-23)17-36-27-10-4-9-24(29(27)38)20-7-3-8-21(13-20)31(40)41/h1-14,16-17,38-39H,15H2,(H,40,41). The van der Waals surface area contributed by atoms with Crippen LogP contribution in [0, 0.1) is 0 Å².